The van der Waals surface area contributed by atoms with Gasteiger partial charge in [0.25, 0.3) is 0 Å². The molecule has 1 unspecified atom stereocenters. The van der Waals surface area contributed by atoms with Crippen LogP contribution in [0.4, 0.5) is 5.69 Å². The van der Waals surface area contributed by atoms with Crippen LogP contribution in [0.2, 0.25) is 0 Å². The van der Waals surface area contributed by atoms with E-state index in [1.165, 1.54) is 11.1 Å². The molecule has 0 saturated carbocycles. The summed E-state index contributed by atoms with van der Waals surface area (Å²) in [4.78, 5) is 7.25. The van der Waals surface area contributed by atoms with Crippen molar-refractivity contribution in [2.45, 2.75) is 39.5 Å². The van der Waals surface area contributed by atoms with Gasteiger partial charge in [0.1, 0.15) is 0 Å². The molecule has 33 heavy (non-hydrogen) atoms. The van der Waals surface area contributed by atoms with Crippen molar-refractivity contribution < 1.29 is 14.2 Å². The van der Waals surface area contributed by atoms with E-state index in [2.05, 4.69) is 53.6 Å². The molecule has 2 aliphatic rings. The van der Waals surface area contributed by atoms with Crippen LogP contribution in [0.5, 0.6) is 11.5 Å². The summed E-state index contributed by atoms with van der Waals surface area (Å²) >= 11 is 0. The molecule has 0 spiro atoms. The molecule has 1 fully saturated rings. The lowest BCUT2D eigenvalue weighted by Crippen LogP contribution is -2.40. The lowest BCUT2D eigenvalue weighted by Gasteiger charge is -2.31. The molecule has 0 radical (unpaired) electrons. The van der Waals surface area contributed by atoms with Crippen molar-refractivity contribution in [2.75, 3.05) is 44.8 Å². The summed E-state index contributed by atoms with van der Waals surface area (Å²) in [5, 5.41) is 6.71. The fourth-order valence-electron chi connectivity index (χ4n) is 3.97. The van der Waals surface area contributed by atoms with Crippen molar-refractivity contribution in [1.29, 1.82) is 0 Å². The zero-order chi connectivity index (χ0) is 22.2. The highest BCUT2D eigenvalue weighted by Gasteiger charge is 2.16. The molecule has 7 nitrogen and oxygen atoms in total. The number of hydrogen-bond acceptors (Lipinski definition) is 5. The molecule has 1 saturated heterocycles. The molecule has 0 aromatic heterocycles. The normalized spacial score (nSPS) is 18.7. The highest BCUT2D eigenvalue weighted by Crippen LogP contribution is 2.32. The second kappa shape index (κ2) is 13.0. The molecule has 8 heteroatoms. The lowest BCUT2D eigenvalue weighted by atomic mass is 10.1. The standard InChI is InChI=1S/C25H34N4O3.HI/c1-3-26-25(28-22-8-9-23-24(15-22)32-12-5-11-31-23)27-16-20-6-4-7-21(14-20)18-29-10-13-30-19(2)17-29;/h4,6-9,14-15,19H,3,5,10-13,16-18H2,1-2H3,(H2,26,27,28);1H. The number of fused-ring (bicyclic) bond motifs is 1. The number of morpholine rings is 1. The molecule has 0 bridgehead atoms. The molecular formula is C25H35IN4O3. The summed E-state index contributed by atoms with van der Waals surface area (Å²) in [7, 11) is 0. The molecule has 2 heterocycles. The first kappa shape index (κ1) is 25.6. The minimum atomic E-state index is 0. The highest BCUT2D eigenvalue weighted by molar-refractivity contribution is 14.0. The summed E-state index contributed by atoms with van der Waals surface area (Å²) in [5.74, 6) is 2.31. The molecule has 2 N–H and O–H groups in total. The van der Waals surface area contributed by atoms with E-state index in [4.69, 9.17) is 19.2 Å². The second-order valence-corrected chi connectivity index (χ2v) is 8.27. The van der Waals surface area contributed by atoms with Crippen molar-refractivity contribution >= 4 is 35.6 Å². The molecule has 2 aromatic carbocycles. The van der Waals surface area contributed by atoms with Gasteiger partial charge in [-0.3, -0.25) is 4.90 Å². The fraction of sp³-hybridized carbons (Fsp3) is 0.480. The Morgan fingerprint density at radius 1 is 1.06 bits per heavy atom. The fourth-order valence-corrected chi connectivity index (χ4v) is 3.97. The molecular weight excluding hydrogens is 531 g/mol. The van der Waals surface area contributed by atoms with E-state index in [1.54, 1.807) is 0 Å². The molecule has 180 valence electrons. The Labute approximate surface area is 213 Å². The van der Waals surface area contributed by atoms with Crippen LogP contribution in [-0.2, 0) is 17.8 Å². The summed E-state index contributed by atoms with van der Waals surface area (Å²) in [6.45, 7) is 10.7. The third-order valence-corrected chi connectivity index (χ3v) is 5.50. The third-order valence-electron chi connectivity index (χ3n) is 5.50. The summed E-state index contributed by atoms with van der Waals surface area (Å²) in [6.07, 6.45) is 1.20. The van der Waals surface area contributed by atoms with Crippen molar-refractivity contribution in [2.24, 2.45) is 4.99 Å². The van der Waals surface area contributed by atoms with Gasteiger partial charge >= 0.3 is 0 Å². The van der Waals surface area contributed by atoms with Crippen molar-refractivity contribution in [3.63, 3.8) is 0 Å². The number of rotatable bonds is 6. The Hall–Kier alpha value is -2.04. The summed E-state index contributed by atoms with van der Waals surface area (Å²) in [6, 6.07) is 14.6. The topological polar surface area (TPSA) is 67.4 Å². The van der Waals surface area contributed by atoms with Crippen molar-refractivity contribution in [3.8, 4) is 11.5 Å². The van der Waals surface area contributed by atoms with Gasteiger partial charge in [0.05, 0.1) is 32.5 Å². The first-order chi connectivity index (χ1) is 15.7. The van der Waals surface area contributed by atoms with E-state index in [-0.39, 0.29) is 24.0 Å². The number of ether oxygens (including phenoxy) is 3. The Balaban J connectivity index is 0.00000306. The zero-order valence-corrected chi connectivity index (χ0v) is 21.8. The number of aliphatic imine (C=N–C) groups is 1. The SMILES string of the molecule is CCNC(=NCc1cccc(CN2CCOC(C)C2)c1)Nc1ccc2c(c1)OCCCO2.I. The van der Waals surface area contributed by atoms with Crippen LogP contribution < -0.4 is 20.1 Å². The number of anilines is 1. The van der Waals surface area contributed by atoms with E-state index in [1.807, 2.05) is 18.2 Å². The zero-order valence-electron chi connectivity index (χ0n) is 19.5. The van der Waals surface area contributed by atoms with Gasteiger partial charge in [0.2, 0.25) is 0 Å². The van der Waals surface area contributed by atoms with E-state index in [0.29, 0.717) is 25.9 Å². The highest BCUT2D eigenvalue weighted by atomic mass is 127. The number of guanidine groups is 1. The van der Waals surface area contributed by atoms with E-state index in [0.717, 1.165) is 62.4 Å². The summed E-state index contributed by atoms with van der Waals surface area (Å²) < 4.78 is 17.2. The van der Waals surface area contributed by atoms with Crippen LogP contribution in [0.15, 0.2) is 47.5 Å². The van der Waals surface area contributed by atoms with Gasteiger partial charge in [0, 0.05) is 44.4 Å². The predicted molar refractivity (Wildman–Crippen MR) is 143 cm³/mol. The average Bonchev–Trinajstić information content (AvgIpc) is 3.03. The van der Waals surface area contributed by atoms with E-state index >= 15 is 0 Å². The Morgan fingerprint density at radius 3 is 2.70 bits per heavy atom. The van der Waals surface area contributed by atoms with Crippen LogP contribution in [-0.4, -0.2) is 56.4 Å². The Bertz CT molecular complexity index is 924. The maximum atomic E-state index is 5.80. The van der Waals surface area contributed by atoms with Gasteiger partial charge in [-0.1, -0.05) is 24.3 Å². The van der Waals surface area contributed by atoms with Crippen LogP contribution >= 0.6 is 24.0 Å². The Kier molecular flexibility index (Phi) is 10.1. The largest absolute Gasteiger partial charge is 0.490 e. The van der Waals surface area contributed by atoms with Crippen molar-refractivity contribution in [1.82, 2.24) is 10.2 Å². The average molecular weight is 566 g/mol. The maximum Gasteiger partial charge on any atom is 0.196 e. The minimum Gasteiger partial charge on any atom is -0.490 e. The van der Waals surface area contributed by atoms with E-state index < -0.39 is 0 Å². The molecule has 2 aliphatic heterocycles. The minimum absolute atomic E-state index is 0. The number of halogens is 1. The van der Waals surface area contributed by atoms with Crippen molar-refractivity contribution in [3.05, 3.63) is 53.6 Å². The number of hydrogen-bond donors (Lipinski definition) is 2. The first-order valence-electron chi connectivity index (χ1n) is 11.6. The smallest absolute Gasteiger partial charge is 0.196 e. The predicted octanol–water partition coefficient (Wildman–Crippen LogP) is 4.26. The van der Waals surface area contributed by atoms with Gasteiger partial charge in [-0.25, -0.2) is 4.99 Å². The second-order valence-electron chi connectivity index (χ2n) is 8.27. The quantitative estimate of drug-likeness (QED) is 0.310. The van der Waals surface area contributed by atoms with Crippen LogP contribution in [0.1, 0.15) is 31.4 Å². The number of nitrogens with one attached hydrogen (secondary N) is 2. The third kappa shape index (κ3) is 7.75. The monoisotopic (exact) mass is 566 g/mol. The molecule has 0 amide bonds. The van der Waals surface area contributed by atoms with Gasteiger partial charge < -0.3 is 24.8 Å². The van der Waals surface area contributed by atoms with Gasteiger partial charge in [0.15, 0.2) is 17.5 Å². The van der Waals surface area contributed by atoms with Gasteiger partial charge in [-0.15, -0.1) is 24.0 Å². The molecule has 2 aromatic rings. The lowest BCUT2D eigenvalue weighted by molar-refractivity contribution is -0.0212. The molecule has 1 atom stereocenters. The maximum absolute atomic E-state index is 5.80. The number of nitrogens with zero attached hydrogens (tertiary/aromatic N) is 2. The first-order valence-corrected chi connectivity index (χ1v) is 11.6. The summed E-state index contributed by atoms with van der Waals surface area (Å²) in [5.41, 5.74) is 3.43. The Morgan fingerprint density at radius 2 is 1.88 bits per heavy atom. The number of benzene rings is 2. The van der Waals surface area contributed by atoms with Gasteiger partial charge in [-0.2, -0.15) is 0 Å². The molecule has 4 rings (SSSR count). The van der Waals surface area contributed by atoms with Crippen LogP contribution in [0.3, 0.4) is 0 Å². The van der Waals surface area contributed by atoms with Crippen LogP contribution in [0.25, 0.3) is 0 Å². The van der Waals surface area contributed by atoms with E-state index in [9.17, 15) is 0 Å². The van der Waals surface area contributed by atoms with Crippen LogP contribution in [0, 0.1) is 0 Å². The van der Waals surface area contributed by atoms with Gasteiger partial charge in [-0.05, 0) is 37.1 Å². The molecule has 0 aliphatic carbocycles.